The Morgan fingerprint density at radius 3 is 2.80 bits per heavy atom. The minimum Gasteiger partial charge on any atom is -0.355 e. The number of unbranched alkanes of at least 4 members (excludes halogenated alkanes) is 1. The fraction of sp³-hybridized carbons (Fsp3) is 0.636. The molecule has 4 nitrogen and oxygen atoms in total. The summed E-state index contributed by atoms with van der Waals surface area (Å²) in [4.78, 5) is 10.7. The Balaban J connectivity index is 2.69. The van der Waals surface area contributed by atoms with Crippen LogP contribution in [0.1, 0.15) is 25.6 Å². The lowest BCUT2D eigenvalue weighted by Gasteiger charge is -2.22. The van der Waals surface area contributed by atoms with Gasteiger partial charge >= 0.3 is 0 Å². The predicted molar refractivity (Wildman–Crippen MR) is 62.9 cm³/mol. The van der Waals surface area contributed by atoms with Crippen LogP contribution >= 0.6 is 0 Å². The molecule has 0 amide bonds. The molecule has 84 valence electrons. The third-order valence-corrected chi connectivity index (χ3v) is 2.27. The predicted octanol–water partition coefficient (Wildman–Crippen LogP) is 1.35. The molecule has 0 aliphatic rings. The van der Waals surface area contributed by atoms with Gasteiger partial charge in [0.25, 0.3) is 0 Å². The van der Waals surface area contributed by atoms with Gasteiger partial charge in [0, 0.05) is 25.8 Å². The molecular weight excluding hydrogens is 188 g/mol. The zero-order valence-corrected chi connectivity index (χ0v) is 9.61. The minimum absolute atomic E-state index is 0.659. The number of aryl methyl sites for hydroxylation is 1. The van der Waals surface area contributed by atoms with Gasteiger partial charge in [-0.2, -0.15) is 0 Å². The minimum atomic E-state index is 0.659. The fourth-order valence-corrected chi connectivity index (χ4v) is 1.47. The van der Waals surface area contributed by atoms with Crippen LogP contribution in [0.15, 0.2) is 12.3 Å². The number of nitrogens with zero attached hydrogens (tertiary/aromatic N) is 3. The molecule has 1 aromatic heterocycles. The van der Waals surface area contributed by atoms with Gasteiger partial charge in [-0.15, -0.1) is 0 Å². The van der Waals surface area contributed by atoms with Gasteiger partial charge in [0.1, 0.15) is 11.6 Å². The quantitative estimate of drug-likeness (QED) is 0.766. The zero-order valence-electron chi connectivity index (χ0n) is 9.61. The van der Waals surface area contributed by atoms with E-state index in [4.69, 9.17) is 5.73 Å². The molecule has 0 atom stereocenters. The van der Waals surface area contributed by atoms with Crippen LogP contribution in [0, 0.1) is 6.92 Å². The summed E-state index contributed by atoms with van der Waals surface area (Å²) in [7, 11) is 0. The Morgan fingerprint density at radius 1 is 1.40 bits per heavy atom. The Hall–Kier alpha value is -1.16. The first kappa shape index (κ1) is 11.9. The first-order chi connectivity index (χ1) is 7.27. The molecule has 0 unspecified atom stereocenters. The maximum absolute atomic E-state index is 5.59. The van der Waals surface area contributed by atoms with Gasteiger partial charge in [-0.05, 0) is 19.4 Å². The summed E-state index contributed by atoms with van der Waals surface area (Å²) >= 11 is 0. The molecule has 0 saturated carbocycles. The molecule has 0 saturated heterocycles. The monoisotopic (exact) mass is 208 g/mol. The first-order valence-electron chi connectivity index (χ1n) is 5.52. The molecule has 1 heterocycles. The lowest BCUT2D eigenvalue weighted by molar-refractivity contribution is 0.705. The third-order valence-electron chi connectivity index (χ3n) is 2.27. The Labute approximate surface area is 91.5 Å². The van der Waals surface area contributed by atoms with Gasteiger partial charge in [-0.25, -0.2) is 9.97 Å². The van der Waals surface area contributed by atoms with E-state index in [2.05, 4.69) is 21.8 Å². The van der Waals surface area contributed by atoms with Crippen molar-refractivity contribution in [2.75, 3.05) is 24.5 Å². The summed E-state index contributed by atoms with van der Waals surface area (Å²) in [5, 5.41) is 0. The summed E-state index contributed by atoms with van der Waals surface area (Å²) in [5.74, 6) is 1.80. The lowest BCUT2D eigenvalue weighted by atomic mass is 10.3. The second-order valence-electron chi connectivity index (χ2n) is 3.59. The highest BCUT2D eigenvalue weighted by molar-refractivity contribution is 5.37. The zero-order chi connectivity index (χ0) is 11.1. The Kier molecular flexibility index (Phi) is 5.04. The molecule has 1 aromatic rings. The van der Waals surface area contributed by atoms with E-state index in [0.717, 1.165) is 24.7 Å². The SMILES string of the molecule is CCCCN(CCN)c1ccnc(C)n1. The molecule has 15 heavy (non-hydrogen) atoms. The Morgan fingerprint density at radius 2 is 2.20 bits per heavy atom. The van der Waals surface area contributed by atoms with E-state index in [1.165, 1.54) is 12.8 Å². The van der Waals surface area contributed by atoms with Crippen molar-refractivity contribution in [2.45, 2.75) is 26.7 Å². The van der Waals surface area contributed by atoms with Crippen LogP contribution in [0.25, 0.3) is 0 Å². The number of rotatable bonds is 6. The largest absolute Gasteiger partial charge is 0.355 e. The van der Waals surface area contributed by atoms with Crippen molar-refractivity contribution in [3.8, 4) is 0 Å². The van der Waals surface area contributed by atoms with E-state index in [1.807, 2.05) is 13.0 Å². The van der Waals surface area contributed by atoms with E-state index in [9.17, 15) is 0 Å². The highest BCUT2D eigenvalue weighted by atomic mass is 15.2. The highest BCUT2D eigenvalue weighted by Crippen LogP contribution is 2.10. The average molecular weight is 208 g/mol. The summed E-state index contributed by atoms with van der Waals surface area (Å²) in [6.07, 6.45) is 4.15. The van der Waals surface area contributed by atoms with Crippen molar-refractivity contribution in [2.24, 2.45) is 5.73 Å². The van der Waals surface area contributed by atoms with Crippen LogP contribution < -0.4 is 10.6 Å². The van der Waals surface area contributed by atoms with E-state index in [0.29, 0.717) is 6.54 Å². The van der Waals surface area contributed by atoms with Gasteiger partial charge in [0.15, 0.2) is 0 Å². The smallest absolute Gasteiger partial charge is 0.132 e. The van der Waals surface area contributed by atoms with E-state index in [-0.39, 0.29) is 0 Å². The molecule has 0 spiro atoms. The number of hydrogen-bond donors (Lipinski definition) is 1. The molecule has 0 bridgehead atoms. The first-order valence-corrected chi connectivity index (χ1v) is 5.52. The molecule has 1 rings (SSSR count). The molecule has 0 radical (unpaired) electrons. The lowest BCUT2D eigenvalue weighted by Crippen LogP contribution is -2.31. The standard InChI is InChI=1S/C11H20N4/c1-3-4-8-15(9-6-12)11-5-7-13-10(2)14-11/h5,7H,3-4,6,8-9,12H2,1-2H3. The second kappa shape index (κ2) is 6.35. The van der Waals surface area contributed by atoms with Gasteiger partial charge in [-0.3, -0.25) is 0 Å². The van der Waals surface area contributed by atoms with Gasteiger partial charge in [0.2, 0.25) is 0 Å². The van der Waals surface area contributed by atoms with Gasteiger partial charge in [0.05, 0.1) is 0 Å². The van der Waals surface area contributed by atoms with Crippen LogP contribution in [0.2, 0.25) is 0 Å². The van der Waals surface area contributed by atoms with E-state index in [1.54, 1.807) is 6.20 Å². The third kappa shape index (κ3) is 3.83. The van der Waals surface area contributed by atoms with Crippen molar-refractivity contribution in [3.63, 3.8) is 0 Å². The molecular formula is C11H20N4. The summed E-state index contributed by atoms with van der Waals surface area (Å²) in [6.45, 7) is 6.63. The van der Waals surface area contributed by atoms with Gasteiger partial charge in [-0.1, -0.05) is 13.3 Å². The molecule has 0 aliphatic carbocycles. The van der Waals surface area contributed by atoms with Gasteiger partial charge < -0.3 is 10.6 Å². The van der Waals surface area contributed by atoms with Crippen molar-refractivity contribution >= 4 is 5.82 Å². The highest BCUT2D eigenvalue weighted by Gasteiger charge is 2.06. The Bertz CT molecular complexity index is 288. The maximum Gasteiger partial charge on any atom is 0.132 e. The fourth-order valence-electron chi connectivity index (χ4n) is 1.47. The second-order valence-corrected chi connectivity index (χ2v) is 3.59. The van der Waals surface area contributed by atoms with Crippen molar-refractivity contribution in [1.82, 2.24) is 9.97 Å². The van der Waals surface area contributed by atoms with Crippen LogP contribution in [0.5, 0.6) is 0 Å². The number of hydrogen-bond acceptors (Lipinski definition) is 4. The van der Waals surface area contributed by atoms with Crippen LogP contribution in [-0.2, 0) is 0 Å². The summed E-state index contributed by atoms with van der Waals surface area (Å²) in [5.41, 5.74) is 5.59. The normalized spacial score (nSPS) is 10.3. The van der Waals surface area contributed by atoms with Crippen molar-refractivity contribution in [1.29, 1.82) is 0 Å². The topological polar surface area (TPSA) is 55.0 Å². The molecule has 2 N–H and O–H groups in total. The van der Waals surface area contributed by atoms with E-state index >= 15 is 0 Å². The molecule has 0 aromatic carbocycles. The molecule has 4 heteroatoms. The molecule has 0 aliphatic heterocycles. The number of nitrogens with two attached hydrogens (primary N) is 1. The van der Waals surface area contributed by atoms with E-state index < -0.39 is 0 Å². The summed E-state index contributed by atoms with van der Waals surface area (Å²) in [6, 6.07) is 1.94. The number of anilines is 1. The van der Waals surface area contributed by atoms with Crippen molar-refractivity contribution < 1.29 is 0 Å². The van der Waals surface area contributed by atoms with Crippen molar-refractivity contribution in [3.05, 3.63) is 18.1 Å². The summed E-state index contributed by atoms with van der Waals surface area (Å²) < 4.78 is 0. The average Bonchev–Trinajstić information content (AvgIpc) is 2.24. The van der Waals surface area contributed by atoms with Crippen LogP contribution in [-0.4, -0.2) is 29.6 Å². The van der Waals surface area contributed by atoms with Crippen LogP contribution in [0.3, 0.4) is 0 Å². The number of aromatic nitrogens is 2. The molecule has 0 fully saturated rings. The van der Waals surface area contributed by atoms with Crippen LogP contribution in [0.4, 0.5) is 5.82 Å². The maximum atomic E-state index is 5.59.